The van der Waals surface area contributed by atoms with Crippen molar-refractivity contribution in [3.8, 4) is 22.0 Å². The fraction of sp³-hybridized carbons (Fsp3) is 0. The molecule has 12 aromatic rings. The van der Waals surface area contributed by atoms with E-state index in [1.807, 2.05) is 54.7 Å². The molecule has 0 aliphatic heterocycles. The molecule has 0 atom stereocenters. The summed E-state index contributed by atoms with van der Waals surface area (Å²) in [4.78, 5) is 18.5. The van der Waals surface area contributed by atoms with Gasteiger partial charge in [0.15, 0.2) is 5.58 Å². The molecule has 288 valence electrons. The van der Waals surface area contributed by atoms with Crippen LogP contribution in [-0.2, 0) is 0 Å². The van der Waals surface area contributed by atoms with Gasteiger partial charge in [-0.25, -0.2) is 9.97 Å². The van der Waals surface area contributed by atoms with Gasteiger partial charge in [-0.3, -0.25) is 4.98 Å². The van der Waals surface area contributed by atoms with E-state index in [1.165, 1.54) is 4.70 Å². The second kappa shape index (κ2) is 14.3. The van der Waals surface area contributed by atoms with Crippen LogP contribution in [0.25, 0.3) is 76.1 Å². The molecule has 0 spiro atoms. The highest BCUT2D eigenvalue weighted by Gasteiger charge is 2.19. The Labute approximate surface area is 354 Å². The van der Waals surface area contributed by atoms with E-state index in [0.29, 0.717) is 5.89 Å². The van der Waals surface area contributed by atoms with Crippen LogP contribution in [-0.4, -0.2) is 15.0 Å². The van der Waals surface area contributed by atoms with E-state index in [9.17, 15) is 0 Å². The van der Waals surface area contributed by atoms with Gasteiger partial charge in [0, 0.05) is 62.6 Å². The van der Waals surface area contributed by atoms with Gasteiger partial charge in [-0.05, 0) is 144 Å². The average Bonchev–Trinajstić information content (AvgIpc) is 4.05. The van der Waals surface area contributed by atoms with E-state index >= 15 is 0 Å². The zero-order valence-corrected chi connectivity index (χ0v) is 33.3. The normalized spacial score (nSPS) is 11.6. The van der Waals surface area contributed by atoms with Gasteiger partial charge in [0.05, 0.1) is 22.1 Å². The Morgan fingerprint density at radius 1 is 0.410 bits per heavy atom. The van der Waals surface area contributed by atoms with Crippen LogP contribution < -0.4 is 9.80 Å². The lowest BCUT2D eigenvalue weighted by Gasteiger charge is -2.26. The van der Waals surface area contributed by atoms with E-state index in [0.717, 1.165) is 99.6 Å². The molecule has 12 rings (SSSR count). The first-order chi connectivity index (χ1) is 30.2. The van der Waals surface area contributed by atoms with Crippen LogP contribution >= 0.6 is 11.3 Å². The maximum atomic E-state index is 6.69. The largest absolute Gasteiger partial charge is 0.456 e. The first-order valence-corrected chi connectivity index (χ1v) is 20.9. The van der Waals surface area contributed by atoms with Gasteiger partial charge in [-0.2, -0.15) is 0 Å². The standard InChI is InChI=1S/C53H33N5O2S/c1-2-9-38(10-3-1)57(39-23-18-35(19-24-39)53-56-47-13-5-7-15-51(47)61-53)41-25-20-36-30-45-44-27-26-42(32-50(44)59-49(45)31-37(36)29-41)58(43-11-8-28-54-33-43)40-21-16-34(17-22-40)52-55-46-12-4-6-14-48(46)60-52/h1-33H. The van der Waals surface area contributed by atoms with Crippen molar-refractivity contribution in [2.75, 3.05) is 9.80 Å². The molecule has 61 heavy (non-hydrogen) atoms. The molecule has 8 aromatic carbocycles. The van der Waals surface area contributed by atoms with Gasteiger partial charge in [0.25, 0.3) is 0 Å². The molecule has 4 heterocycles. The molecule has 0 amide bonds. The maximum absolute atomic E-state index is 6.69. The summed E-state index contributed by atoms with van der Waals surface area (Å²) in [7, 11) is 0. The molecule has 0 aliphatic carbocycles. The molecule has 0 saturated carbocycles. The Balaban J connectivity index is 0.903. The number of nitrogens with zero attached hydrogens (tertiary/aromatic N) is 5. The van der Waals surface area contributed by atoms with Gasteiger partial charge < -0.3 is 18.6 Å². The molecule has 4 aromatic heterocycles. The van der Waals surface area contributed by atoms with E-state index < -0.39 is 0 Å². The second-order valence-corrected chi connectivity index (χ2v) is 16.0. The van der Waals surface area contributed by atoms with Crippen molar-refractivity contribution in [2.45, 2.75) is 0 Å². The van der Waals surface area contributed by atoms with Gasteiger partial charge >= 0.3 is 0 Å². The Bertz CT molecular complexity index is 3310. The Morgan fingerprint density at radius 3 is 1.85 bits per heavy atom. The van der Waals surface area contributed by atoms with Crippen LogP contribution in [0, 0.1) is 0 Å². The number of hydrogen-bond acceptors (Lipinski definition) is 8. The Morgan fingerprint density at radius 2 is 1.07 bits per heavy atom. The summed E-state index contributed by atoms with van der Waals surface area (Å²) in [5.74, 6) is 0.590. The molecule has 0 aliphatic rings. The number of anilines is 6. The molecule has 0 N–H and O–H groups in total. The first-order valence-electron chi connectivity index (χ1n) is 20.1. The minimum absolute atomic E-state index is 0.590. The highest BCUT2D eigenvalue weighted by atomic mass is 32.1. The van der Waals surface area contributed by atoms with Crippen molar-refractivity contribution in [3.05, 3.63) is 200 Å². The minimum Gasteiger partial charge on any atom is -0.456 e. The van der Waals surface area contributed by atoms with Crippen molar-refractivity contribution < 1.29 is 8.83 Å². The van der Waals surface area contributed by atoms with Gasteiger partial charge in [0.2, 0.25) is 5.89 Å². The van der Waals surface area contributed by atoms with E-state index in [-0.39, 0.29) is 0 Å². The molecule has 0 bridgehead atoms. The maximum Gasteiger partial charge on any atom is 0.227 e. The molecule has 0 radical (unpaired) electrons. The highest BCUT2D eigenvalue weighted by Crippen LogP contribution is 2.42. The summed E-state index contributed by atoms with van der Waals surface area (Å²) in [6, 6.07) is 65.0. The third-order valence-electron chi connectivity index (χ3n) is 11.2. The van der Waals surface area contributed by atoms with E-state index in [1.54, 1.807) is 17.5 Å². The summed E-state index contributed by atoms with van der Waals surface area (Å²) in [6.07, 6.45) is 3.66. The fourth-order valence-corrected chi connectivity index (χ4v) is 9.20. The monoisotopic (exact) mass is 803 g/mol. The van der Waals surface area contributed by atoms with Crippen molar-refractivity contribution in [1.82, 2.24) is 15.0 Å². The number of thiazole rings is 1. The molecule has 0 fully saturated rings. The number of oxazole rings is 1. The van der Waals surface area contributed by atoms with Crippen LogP contribution in [0.5, 0.6) is 0 Å². The number of fused-ring (bicyclic) bond motifs is 6. The number of rotatable bonds is 8. The zero-order valence-electron chi connectivity index (χ0n) is 32.5. The average molecular weight is 804 g/mol. The number of furan rings is 1. The third kappa shape index (κ3) is 6.25. The van der Waals surface area contributed by atoms with Crippen molar-refractivity contribution in [1.29, 1.82) is 0 Å². The molecule has 0 unspecified atom stereocenters. The molecular formula is C53H33N5O2S. The van der Waals surface area contributed by atoms with Crippen LogP contribution in [0.15, 0.2) is 209 Å². The summed E-state index contributed by atoms with van der Waals surface area (Å²) < 4.78 is 13.9. The lowest BCUT2D eigenvalue weighted by molar-refractivity contribution is 0.620. The topological polar surface area (TPSA) is 71.4 Å². The number of benzene rings is 8. The SMILES string of the molecule is c1ccc(N(c2ccc(-c3nc4ccccc4s3)cc2)c2ccc3cc4c(cc3c2)oc2cc(N(c3ccc(-c5nc6ccccc6o5)cc3)c3cccnc3)ccc24)cc1. The summed E-state index contributed by atoms with van der Waals surface area (Å²) >= 11 is 1.72. The first kappa shape index (κ1) is 34.9. The minimum atomic E-state index is 0.590. The Kier molecular flexibility index (Phi) is 8.21. The fourth-order valence-electron chi connectivity index (χ4n) is 8.23. The third-order valence-corrected chi connectivity index (χ3v) is 12.3. The summed E-state index contributed by atoms with van der Waals surface area (Å²) in [5.41, 5.74) is 12.3. The highest BCUT2D eigenvalue weighted by molar-refractivity contribution is 7.21. The number of pyridine rings is 1. The Hall–Kier alpha value is -8.07. The van der Waals surface area contributed by atoms with Gasteiger partial charge in [0.1, 0.15) is 21.7 Å². The van der Waals surface area contributed by atoms with Crippen molar-refractivity contribution in [3.63, 3.8) is 0 Å². The van der Waals surface area contributed by atoms with Crippen LogP contribution in [0.1, 0.15) is 0 Å². The smallest absolute Gasteiger partial charge is 0.227 e. The lowest BCUT2D eigenvalue weighted by atomic mass is 10.0. The number of para-hydroxylation sites is 4. The van der Waals surface area contributed by atoms with Crippen molar-refractivity contribution >= 4 is 99.5 Å². The molecule has 8 heteroatoms. The quantitative estimate of drug-likeness (QED) is 0.151. The number of hydrogen-bond donors (Lipinski definition) is 0. The molecule has 0 saturated heterocycles. The van der Waals surface area contributed by atoms with E-state index in [4.69, 9.17) is 18.8 Å². The van der Waals surface area contributed by atoms with Crippen molar-refractivity contribution in [2.24, 2.45) is 0 Å². The predicted octanol–water partition coefficient (Wildman–Crippen LogP) is 15.2. The number of aromatic nitrogens is 3. The molecular weight excluding hydrogens is 771 g/mol. The molecule has 7 nitrogen and oxygen atoms in total. The van der Waals surface area contributed by atoms with Crippen LogP contribution in [0.2, 0.25) is 0 Å². The van der Waals surface area contributed by atoms with Crippen LogP contribution in [0.3, 0.4) is 0 Å². The van der Waals surface area contributed by atoms with Gasteiger partial charge in [-0.1, -0.05) is 48.5 Å². The second-order valence-electron chi connectivity index (χ2n) is 14.9. The lowest BCUT2D eigenvalue weighted by Crippen LogP contribution is -2.10. The predicted molar refractivity (Wildman–Crippen MR) is 250 cm³/mol. The summed E-state index contributed by atoms with van der Waals surface area (Å²) in [6.45, 7) is 0. The zero-order chi connectivity index (χ0) is 40.3. The van der Waals surface area contributed by atoms with Crippen LogP contribution in [0.4, 0.5) is 34.1 Å². The van der Waals surface area contributed by atoms with Gasteiger partial charge in [-0.15, -0.1) is 11.3 Å². The van der Waals surface area contributed by atoms with E-state index in [2.05, 4.69) is 154 Å². The summed E-state index contributed by atoms with van der Waals surface area (Å²) in [5, 5.41) is 5.37.